The SMILES string of the molecule is N#Cc1c(N)nc2cc(-c3ccc(Cl)cn3)ccc2c1-c1ccccc1. The molecule has 0 atom stereocenters. The van der Waals surface area contributed by atoms with Crippen LogP contribution in [0.25, 0.3) is 33.3 Å². The fourth-order valence-corrected chi connectivity index (χ4v) is 3.12. The van der Waals surface area contributed by atoms with Crippen LogP contribution in [0.3, 0.4) is 0 Å². The number of hydrogen-bond donors (Lipinski definition) is 1. The van der Waals surface area contributed by atoms with Gasteiger partial charge in [-0.05, 0) is 23.8 Å². The van der Waals surface area contributed by atoms with Crippen LogP contribution in [0.4, 0.5) is 5.82 Å². The molecule has 2 N–H and O–H groups in total. The first-order valence-electron chi connectivity index (χ1n) is 7.98. The standard InChI is InChI=1S/C21H13ClN4/c22-15-7-9-18(25-12-15)14-6-8-16-19(10-14)26-21(24)17(11-23)20(16)13-4-2-1-3-5-13/h1-10,12H,(H2,24,26). The molecule has 0 spiro atoms. The molecule has 0 aliphatic rings. The minimum atomic E-state index is 0.222. The Morgan fingerprint density at radius 1 is 0.962 bits per heavy atom. The maximum atomic E-state index is 9.59. The molecule has 4 nitrogen and oxygen atoms in total. The molecule has 0 aliphatic heterocycles. The van der Waals surface area contributed by atoms with E-state index in [0.717, 1.165) is 33.3 Å². The number of aromatic nitrogens is 2. The molecule has 4 rings (SSSR count). The Morgan fingerprint density at radius 3 is 2.46 bits per heavy atom. The zero-order chi connectivity index (χ0) is 18.1. The number of pyridine rings is 2. The third-order valence-electron chi connectivity index (χ3n) is 4.21. The third kappa shape index (κ3) is 2.75. The third-order valence-corrected chi connectivity index (χ3v) is 4.44. The lowest BCUT2D eigenvalue weighted by molar-refractivity contribution is 1.32. The Bertz CT molecular complexity index is 1150. The van der Waals surface area contributed by atoms with Crippen LogP contribution in [0.15, 0.2) is 66.9 Å². The van der Waals surface area contributed by atoms with E-state index >= 15 is 0 Å². The number of nitrogens with two attached hydrogens (primary N) is 1. The van der Waals surface area contributed by atoms with E-state index in [-0.39, 0.29) is 5.82 Å². The van der Waals surface area contributed by atoms with Gasteiger partial charge in [-0.25, -0.2) is 4.98 Å². The highest BCUT2D eigenvalue weighted by atomic mass is 35.5. The number of hydrogen-bond acceptors (Lipinski definition) is 4. The summed E-state index contributed by atoms with van der Waals surface area (Å²) in [6.07, 6.45) is 1.61. The number of halogens is 1. The topological polar surface area (TPSA) is 75.6 Å². The highest BCUT2D eigenvalue weighted by molar-refractivity contribution is 6.30. The summed E-state index contributed by atoms with van der Waals surface area (Å²) in [6.45, 7) is 0. The molecule has 2 aromatic heterocycles. The van der Waals surface area contributed by atoms with Crippen LogP contribution in [0.5, 0.6) is 0 Å². The lowest BCUT2D eigenvalue weighted by Gasteiger charge is -2.12. The second-order valence-corrected chi connectivity index (χ2v) is 6.25. The Balaban J connectivity index is 1.99. The van der Waals surface area contributed by atoms with E-state index in [9.17, 15) is 5.26 Å². The second kappa shape index (κ2) is 6.47. The largest absolute Gasteiger partial charge is 0.383 e. The molecule has 0 bridgehead atoms. The van der Waals surface area contributed by atoms with Crippen molar-refractivity contribution in [1.29, 1.82) is 5.26 Å². The van der Waals surface area contributed by atoms with Crippen molar-refractivity contribution in [2.45, 2.75) is 0 Å². The summed E-state index contributed by atoms with van der Waals surface area (Å²) in [4.78, 5) is 8.79. The zero-order valence-electron chi connectivity index (χ0n) is 13.6. The number of nitrogen functional groups attached to an aromatic ring is 1. The fourth-order valence-electron chi connectivity index (χ4n) is 3.01. The van der Waals surface area contributed by atoms with Crippen molar-refractivity contribution in [3.63, 3.8) is 0 Å². The quantitative estimate of drug-likeness (QED) is 0.544. The van der Waals surface area contributed by atoms with Crippen LogP contribution >= 0.6 is 11.6 Å². The molecule has 0 saturated heterocycles. The van der Waals surface area contributed by atoms with Crippen molar-refractivity contribution in [3.05, 3.63) is 77.4 Å². The minimum absolute atomic E-state index is 0.222. The van der Waals surface area contributed by atoms with Gasteiger partial charge in [0.05, 0.1) is 16.2 Å². The lowest BCUT2D eigenvalue weighted by atomic mass is 9.95. The molecule has 0 amide bonds. The van der Waals surface area contributed by atoms with Gasteiger partial charge in [0.1, 0.15) is 17.5 Å². The number of rotatable bonds is 2. The van der Waals surface area contributed by atoms with Gasteiger partial charge in [-0.1, -0.05) is 54.1 Å². The first kappa shape index (κ1) is 16.1. The molecular weight excluding hydrogens is 344 g/mol. The van der Waals surface area contributed by atoms with Gasteiger partial charge in [0.25, 0.3) is 0 Å². The van der Waals surface area contributed by atoms with Gasteiger partial charge >= 0.3 is 0 Å². The molecule has 0 aliphatic carbocycles. The van der Waals surface area contributed by atoms with E-state index in [1.807, 2.05) is 54.6 Å². The van der Waals surface area contributed by atoms with E-state index in [2.05, 4.69) is 16.0 Å². The molecule has 4 aromatic rings. The minimum Gasteiger partial charge on any atom is -0.383 e. The molecule has 5 heteroatoms. The maximum absolute atomic E-state index is 9.59. The summed E-state index contributed by atoms with van der Waals surface area (Å²) >= 11 is 5.91. The van der Waals surface area contributed by atoms with Gasteiger partial charge in [-0.3, -0.25) is 4.98 Å². The highest BCUT2D eigenvalue weighted by Gasteiger charge is 2.15. The molecule has 2 heterocycles. The Labute approximate surface area is 155 Å². The van der Waals surface area contributed by atoms with Crippen LogP contribution in [-0.2, 0) is 0 Å². The fraction of sp³-hybridized carbons (Fsp3) is 0. The van der Waals surface area contributed by atoms with Crippen LogP contribution in [0.2, 0.25) is 5.02 Å². The summed E-state index contributed by atoms with van der Waals surface area (Å²) < 4.78 is 0. The van der Waals surface area contributed by atoms with Crippen molar-refractivity contribution in [1.82, 2.24) is 9.97 Å². The van der Waals surface area contributed by atoms with E-state index in [4.69, 9.17) is 17.3 Å². The van der Waals surface area contributed by atoms with Gasteiger partial charge in [0, 0.05) is 22.7 Å². The first-order valence-corrected chi connectivity index (χ1v) is 8.36. The van der Waals surface area contributed by atoms with Crippen LogP contribution in [-0.4, -0.2) is 9.97 Å². The molecule has 2 aromatic carbocycles. The number of benzene rings is 2. The second-order valence-electron chi connectivity index (χ2n) is 5.82. The van der Waals surface area contributed by atoms with Crippen LogP contribution in [0.1, 0.15) is 5.56 Å². The first-order chi connectivity index (χ1) is 12.7. The van der Waals surface area contributed by atoms with E-state index in [1.165, 1.54) is 0 Å². The average molecular weight is 357 g/mol. The average Bonchev–Trinajstić information content (AvgIpc) is 2.67. The Morgan fingerprint density at radius 2 is 1.77 bits per heavy atom. The summed E-state index contributed by atoms with van der Waals surface area (Å²) in [5.74, 6) is 0.222. The summed E-state index contributed by atoms with van der Waals surface area (Å²) in [5.41, 5.74) is 10.6. The Hall–Kier alpha value is -3.42. The predicted molar refractivity (Wildman–Crippen MR) is 105 cm³/mol. The van der Waals surface area contributed by atoms with Gasteiger partial charge < -0.3 is 5.73 Å². The smallest absolute Gasteiger partial charge is 0.142 e. The van der Waals surface area contributed by atoms with Gasteiger partial charge in [-0.2, -0.15) is 5.26 Å². The van der Waals surface area contributed by atoms with Crippen molar-refractivity contribution in [2.75, 3.05) is 5.73 Å². The number of nitrogens with zero attached hydrogens (tertiary/aromatic N) is 3. The van der Waals surface area contributed by atoms with Crippen molar-refractivity contribution < 1.29 is 0 Å². The number of fused-ring (bicyclic) bond motifs is 1. The number of anilines is 1. The summed E-state index contributed by atoms with van der Waals surface area (Å²) in [6, 6.07) is 21.4. The highest BCUT2D eigenvalue weighted by Crippen LogP contribution is 2.35. The van der Waals surface area contributed by atoms with E-state index in [0.29, 0.717) is 10.6 Å². The summed E-state index contributed by atoms with van der Waals surface area (Å²) in [5, 5.41) is 11.0. The Kier molecular flexibility index (Phi) is 4.00. The van der Waals surface area contributed by atoms with E-state index in [1.54, 1.807) is 12.3 Å². The van der Waals surface area contributed by atoms with Gasteiger partial charge in [-0.15, -0.1) is 0 Å². The zero-order valence-corrected chi connectivity index (χ0v) is 14.4. The van der Waals surface area contributed by atoms with Gasteiger partial charge in [0.15, 0.2) is 0 Å². The molecule has 124 valence electrons. The van der Waals surface area contributed by atoms with Crippen LogP contribution in [0, 0.1) is 11.3 Å². The maximum Gasteiger partial charge on any atom is 0.142 e. The van der Waals surface area contributed by atoms with E-state index < -0.39 is 0 Å². The molecule has 0 radical (unpaired) electrons. The van der Waals surface area contributed by atoms with Gasteiger partial charge in [0.2, 0.25) is 0 Å². The molecule has 0 fully saturated rings. The van der Waals surface area contributed by atoms with Crippen molar-refractivity contribution >= 4 is 28.3 Å². The summed E-state index contributed by atoms with van der Waals surface area (Å²) in [7, 11) is 0. The van der Waals surface area contributed by atoms with Crippen molar-refractivity contribution in [3.8, 4) is 28.5 Å². The monoisotopic (exact) mass is 356 g/mol. The normalized spacial score (nSPS) is 10.6. The van der Waals surface area contributed by atoms with Crippen LogP contribution < -0.4 is 5.73 Å². The predicted octanol–water partition coefficient (Wildman–Crippen LogP) is 5.07. The molecular formula is C21H13ClN4. The molecule has 0 unspecified atom stereocenters. The molecule has 26 heavy (non-hydrogen) atoms. The molecule has 0 saturated carbocycles. The number of nitriles is 1. The lowest BCUT2D eigenvalue weighted by Crippen LogP contribution is -1.99. The van der Waals surface area contributed by atoms with Crippen molar-refractivity contribution in [2.24, 2.45) is 0 Å².